The summed E-state index contributed by atoms with van der Waals surface area (Å²) >= 11 is 0. The molecule has 1 amide bonds. The van der Waals surface area contributed by atoms with Gasteiger partial charge in [-0.25, -0.2) is 0 Å². The number of carbonyl (C=O) groups excluding carboxylic acids is 1. The smallest absolute Gasteiger partial charge is 0.369 e. The number of alkyl halides is 3. The summed E-state index contributed by atoms with van der Waals surface area (Å²) in [7, 11) is 0. The third-order valence-electron chi connectivity index (χ3n) is 3.65. The van der Waals surface area contributed by atoms with E-state index in [0.29, 0.717) is 13.0 Å². The van der Waals surface area contributed by atoms with Crippen LogP contribution in [0.5, 0.6) is 0 Å². The monoisotopic (exact) mass is 287 g/mol. The standard InChI is InChI=1S/C13H16F3N3O/c14-13(15,16)11-8-19(7-10(11)12(17)20)6-3-9-1-4-18-5-2-9/h1-2,4-5,10-11H,3,6-8H2,(H2,17,20)/t10-,11-/m1/s1. The number of likely N-dealkylation sites (tertiary alicyclic amines) is 1. The summed E-state index contributed by atoms with van der Waals surface area (Å²) in [6.07, 6.45) is -0.474. The number of hydrogen-bond acceptors (Lipinski definition) is 3. The first-order valence-corrected chi connectivity index (χ1v) is 6.35. The van der Waals surface area contributed by atoms with Gasteiger partial charge in [0.05, 0.1) is 11.8 Å². The van der Waals surface area contributed by atoms with E-state index in [0.717, 1.165) is 5.56 Å². The van der Waals surface area contributed by atoms with E-state index < -0.39 is 23.9 Å². The predicted molar refractivity (Wildman–Crippen MR) is 66.6 cm³/mol. The summed E-state index contributed by atoms with van der Waals surface area (Å²) in [6, 6.07) is 3.64. The van der Waals surface area contributed by atoms with Crippen molar-refractivity contribution in [1.29, 1.82) is 0 Å². The Balaban J connectivity index is 1.96. The third kappa shape index (κ3) is 3.47. The first-order valence-electron chi connectivity index (χ1n) is 6.35. The van der Waals surface area contributed by atoms with Gasteiger partial charge in [0.25, 0.3) is 0 Å². The molecule has 1 aromatic rings. The normalized spacial score (nSPS) is 23.9. The molecule has 1 aromatic heterocycles. The molecule has 1 fully saturated rings. The second-order valence-corrected chi connectivity index (χ2v) is 5.02. The molecule has 20 heavy (non-hydrogen) atoms. The summed E-state index contributed by atoms with van der Waals surface area (Å²) in [5.41, 5.74) is 6.09. The number of rotatable bonds is 4. The zero-order chi connectivity index (χ0) is 14.8. The van der Waals surface area contributed by atoms with Crippen molar-refractivity contribution in [2.75, 3.05) is 19.6 Å². The van der Waals surface area contributed by atoms with Crippen LogP contribution in [0, 0.1) is 11.8 Å². The largest absolute Gasteiger partial charge is 0.393 e. The molecule has 0 bridgehead atoms. The van der Waals surface area contributed by atoms with Gasteiger partial charge in [0, 0.05) is 32.0 Å². The van der Waals surface area contributed by atoms with Crippen LogP contribution in [0.2, 0.25) is 0 Å². The molecule has 110 valence electrons. The molecule has 0 saturated carbocycles. The Morgan fingerprint density at radius 3 is 2.50 bits per heavy atom. The topological polar surface area (TPSA) is 59.2 Å². The van der Waals surface area contributed by atoms with E-state index in [9.17, 15) is 18.0 Å². The van der Waals surface area contributed by atoms with Gasteiger partial charge in [-0.2, -0.15) is 13.2 Å². The van der Waals surface area contributed by atoms with E-state index in [-0.39, 0.29) is 13.1 Å². The van der Waals surface area contributed by atoms with Gasteiger partial charge in [0.1, 0.15) is 0 Å². The number of pyridine rings is 1. The molecule has 0 aromatic carbocycles. The minimum absolute atomic E-state index is 0.0740. The minimum atomic E-state index is -4.38. The molecule has 0 spiro atoms. The van der Waals surface area contributed by atoms with E-state index in [1.807, 2.05) is 12.1 Å². The zero-order valence-electron chi connectivity index (χ0n) is 10.8. The van der Waals surface area contributed by atoms with Crippen LogP contribution in [0.3, 0.4) is 0 Å². The van der Waals surface area contributed by atoms with Crippen molar-refractivity contribution in [2.24, 2.45) is 17.6 Å². The van der Waals surface area contributed by atoms with Crippen LogP contribution < -0.4 is 5.73 Å². The summed E-state index contributed by atoms with van der Waals surface area (Å²) in [5, 5.41) is 0. The Labute approximate surface area is 114 Å². The lowest BCUT2D eigenvalue weighted by atomic mass is 9.95. The number of nitrogens with zero attached hydrogens (tertiary/aromatic N) is 2. The highest BCUT2D eigenvalue weighted by molar-refractivity contribution is 5.77. The molecule has 1 aliphatic rings. The first-order chi connectivity index (χ1) is 9.38. The minimum Gasteiger partial charge on any atom is -0.369 e. The molecular formula is C13H16F3N3O. The lowest BCUT2D eigenvalue weighted by molar-refractivity contribution is -0.182. The highest BCUT2D eigenvalue weighted by Gasteiger charge is 2.51. The van der Waals surface area contributed by atoms with Crippen molar-refractivity contribution in [3.05, 3.63) is 30.1 Å². The number of aromatic nitrogens is 1. The first kappa shape index (κ1) is 14.8. The van der Waals surface area contributed by atoms with Crippen molar-refractivity contribution in [3.63, 3.8) is 0 Å². The van der Waals surface area contributed by atoms with E-state index in [2.05, 4.69) is 4.98 Å². The van der Waals surface area contributed by atoms with E-state index in [1.165, 1.54) is 0 Å². The van der Waals surface area contributed by atoms with Gasteiger partial charge in [0.15, 0.2) is 0 Å². The average molecular weight is 287 g/mol. The van der Waals surface area contributed by atoms with E-state index in [1.54, 1.807) is 17.3 Å². The van der Waals surface area contributed by atoms with E-state index >= 15 is 0 Å². The summed E-state index contributed by atoms with van der Waals surface area (Å²) in [6.45, 7) is 0.382. The van der Waals surface area contributed by atoms with Crippen molar-refractivity contribution < 1.29 is 18.0 Å². The van der Waals surface area contributed by atoms with Crippen LogP contribution in [0.1, 0.15) is 5.56 Å². The van der Waals surface area contributed by atoms with Crippen LogP contribution in [0.25, 0.3) is 0 Å². The second-order valence-electron chi connectivity index (χ2n) is 5.02. The quantitative estimate of drug-likeness (QED) is 0.906. The maximum absolute atomic E-state index is 12.9. The van der Waals surface area contributed by atoms with Crippen LogP contribution in [-0.2, 0) is 11.2 Å². The molecule has 0 aliphatic carbocycles. The van der Waals surface area contributed by atoms with Gasteiger partial charge < -0.3 is 10.6 Å². The third-order valence-corrected chi connectivity index (χ3v) is 3.65. The Kier molecular flexibility index (Phi) is 4.27. The maximum Gasteiger partial charge on any atom is 0.393 e. The van der Waals surface area contributed by atoms with Crippen molar-refractivity contribution in [1.82, 2.24) is 9.88 Å². The van der Waals surface area contributed by atoms with Gasteiger partial charge in [0.2, 0.25) is 5.91 Å². The lowest BCUT2D eigenvalue weighted by Gasteiger charge is -2.18. The lowest BCUT2D eigenvalue weighted by Crippen LogP contribution is -2.37. The highest BCUT2D eigenvalue weighted by atomic mass is 19.4. The van der Waals surface area contributed by atoms with Gasteiger partial charge in [-0.05, 0) is 24.1 Å². The summed E-state index contributed by atoms with van der Waals surface area (Å²) in [5.74, 6) is -3.68. The van der Waals surface area contributed by atoms with Crippen LogP contribution >= 0.6 is 0 Å². The number of halogens is 3. The molecule has 1 saturated heterocycles. The van der Waals surface area contributed by atoms with Crippen LogP contribution in [-0.4, -0.2) is 41.6 Å². The number of hydrogen-bond donors (Lipinski definition) is 1. The maximum atomic E-state index is 12.9. The number of amides is 1. The Morgan fingerprint density at radius 2 is 2.00 bits per heavy atom. The summed E-state index contributed by atoms with van der Waals surface area (Å²) in [4.78, 5) is 16.7. The van der Waals surface area contributed by atoms with Crippen molar-refractivity contribution in [3.8, 4) is 0 Å². The molecule has 1 aliphatic heterocycles. The van der Waals surface area contributed by atoms with Gasteiger partial charge in [-0.1, -0.05) is 0 Å². The molecule has 2 heterocycles. The molecule has 2 rings (SSSR count). The van der Waals surface area contributed by atoms with Gasteiger partial charge in [-0.15, -0.1) is 0 Å². The Hall–Kier alpha value is -1.63. The fourth-order valence-electron chi connectivity index (χ4n) is 2.52. The average Bonchev–Trinajstić information content (AvgIpc) is 2.82. The Morgan fingerprint density at radius 1 is 1.35 bits per heavy atom. The predicted octanol–water partition coefficient (Wildman–Crippen LogP) is 1.22. The molecule has 2 atom stereocenters. The molecule has 7 heteroatoms. The fraction of sp³-hybridized carbons (Fsp3) is 0.538. The van der Waals surface area contributed by atoms with Crippen molar-refractivity contribution >= 4 is 5.91 Å². The number of carbonyl (C=O) groups is 1. The fourth-order valence-corrected chi connectivity index (χ4v) is 2.52. The zero-order valence-corrected chi connectivity index (χ0v) is 10.8. The van der Waals surface area contributed by atoms with Gasteiger partial charge in [-0.3, -0.25) is 9.78 Å². The second kappa shape index (κ2) is 5.78. The molecule has 0 unspecified atom stereocenters. The summed E-state index contributed by atoms with van der Waals surface area (Å²) < 4.78 is 38.6. The SMILES string of the molecule is NC(=O)[C@@H]1CN(CCc2ccncc2)C[C@H]1C(F)(F)F. The van der Waals surface area contributed by atoms with Gasteiger partial charge >= 0.3 is 6.18 Å². The van der Waals surface area contributed by atoms with Crippen LogP contribution in [0.15, 0.2) is 24.5 Å². The van der Waals surface area contributed by atoms with E-state index in [4.69, 9.17) is 5.73 Å². The molecule has 2 N–H and O–H groups in total. The molecular weight excluding hydrogens is 271 g/mol. The van der Waals surface area contributed by atoms with Crippen molar-refractivity contribution in [2.45, 2.75) is 12.6 Å². The van der Waals surface area contributed by atoms with Crippen LogP contribution in [0.4, 0.5) is 13.2 Å². The molecule has 4 nitrogen and oxygen atoms in total. The number of primary amides is 1. The molecule has 0 radical (unpaired) electrons. The highest BCUT2D eigenvalue weighted by Crippen LogP contribution is 2.37. The Bertz CT molecular complexity index is 464. The number of nitrogens with two attached hydrogens (primary N) is 1.